The maximum Gasteiger partial charge on any atom is 0.0606 e. The Labute approximate surface area is 111 Å². The van der Waals surface area contributed by atoms with Gasteiger partial charge in [0.25, 0.3) is 0 Å². The molecule has 0 saturated carbocycles. The molecule has 0 aliphatic rings. The van der Waals surface area contributed by atoms with Gasteiger partial charge in [-0.15, -0.1) is 0 Å². The van der Waals surface area contributed by atoms with E-state index >= 15 is 0 Å². The Kier molecular flexibility index (Phi) is 6.16. The van der Waals surface area contributed by atoms with Gasteiger partial charge in [-0.05, 0) is 45.0 Å². The predicted octanol–water partition coefficient (Wildman–Crippen LogP) is 2.56. The summed E-state index contributed by atoms with van der Waals surface area (Å²) in [5.74, 6) is 0. The van der Waals surface area contributed by atoms with E-state index in [2.05, 4.69) is 55.3 Å². The molecule has 3 heteroatoms. The van der Waals surface area contributed by atoms with Crippen molar-refractivity contribution in [1.82, 2.24) is 5.32 Å². The minimum Gasteiger partial charge on any atom is -0.395 e. The van der Waals surface area contributed by atoms with Crippen molar-refractivity contribution >= 4 is 5.69 Å². The molecule has 2 N–H and O–H groups in total. The SMILES string of the molecule is CCC(NC)c1ccc(N(CCO)C(C)C)cc1. The van der Waals surface area contributed by atoms with Crippen LogP contribution < -0.4 is 10.2 Å². The van der Waals surface area contributed by atoms with Crippen LogP contribution in [0.25, 0.3) is 0 Å². The smallest absolute Gasteiger partial charge is 0.0606 e. The summed E-state index contributed by atoms with van der Waals surface area (Å²) in [6.07, 6.45) is 1.08. The number of hydrogen-bond acceptors (Lipinski definition) is 3. The third-order valence-corrected chi connectivity index (χ3v) is 3.35. The topological polar surface area (TPSA) is 35.5 Å². The maximum atomic E-state index is 9.11. The molecule has 0 aliphatic heterocycles. The molecule has 0 heterocycles. The summed E-state index contributed by atoms with van der Waals surface area (Å²) in [5.41, 5.74) is 2.49. The zero-order valence-electron chi connectivity index (χ0n) is 12.0. The number of benzene rings is 1. The summed E-state index contributed by atoms with van der Waals surface area (Å²) in [6.45, 7) is 7.34. The van der Waals surface area contributed by atoms with Gasteiger partial charge in [0, 0.05) is 24.3 Å². The average Bonchev–Trinajstić information content (AvgIpc) is 2.38. The largest absolute Gasteiger partial charge is 0.395 e. The summed E-state index contributed by atoms with van der Waals surface area (Å²) in [4.78, 5) is 2.21. The lowest BCUT2D eigenvalue weighted by molar-refractivity contribution is 0.299. The summed E-state index contributed by atoms with van der Waals surface area (Å²) in [6, 6.07) is 9.45. The van der Waals surface area contributed by atoms with E-state index in [9.17, 15) is 0 Å². The first-order valence-corrected chi connectivity index (χ1v) is 6.78. The van der Waals surface area contributed by atoms with Crippen molar-refractivity contribution in [2.75, 3.05) is 25.1 Å². The van der Waals surface area contributed by atoms with Crippen molar-refractivity contribution in [1.29, 1.82) is 0 Å². The first-order chi connectivity index (χ1) is 8.63. The lowest BCUT2D eigenvalue weighted by Crippen LogP contribution is -2.33. The molecule has 3 nitrogen and oxygen atoms in total. The molecule has 1 aromatic rings. The van der Waals surface area contributed by atoms with Crippen LogP contribution in [0.1, 0.15) is 38.8 Å². The van der Waals surface area contributed by atoms with Crippen LogP contribution >= 0.6 is 0 Å². The summed E-state index contributed by atoms with van der Waals surface area (Å²) in [7, 11) is 1.99. The van der Waals surface area contributed by atoms with Crippen LogP contribution in [0.2, 0.25) is 0 Å². The van der Waals surface area contributed by atoms with Gasteiger partial charge < -0.3 is 15.3 Å². The van der Waals surface area contributed by atoms with E-state index < -0.39 is 0 Å². The Balaban J connectivity index is 2.86. The van der Waals surface area contributed by atoms with Crippen molar-refractivity contribution in [3.63, 3.8) is 0 Å². The van der Waals surface area contributed by atoms with Crippen molar-refractivity contribution in [2.24, 2.45) is 0 Å². The molecule has 0 saturated heterocycles. The van der Waals surface area contributed by atoms with E-state index in [1.807, 2.05) is 7.05 Å². The van der Waals surface area contributed by atoms with Crippen LogP contribution in [0.15, 0.2) is 24.3 Å². The molecular formula is C15H26N2O. The first-order valence-electron chi connectivity index (χ1n) is 6.78. The summed E-state index contributed by atoms with van der Waals surface area (Å²) < 4.78 is 0. The number of aliphatic hydroxyl groups excluding tert-OH is 1. The van der Waals surface area contributed by atoms with Crippen LogP contribution in [0.4, 0.5) is 5.69 Å². The molecule has 102 valence electrons. The van der Waals surface area contributed by atoms with Gasteiger partial charge in [0.1, 0.15) is 0 Å². The van der Waals surface area contributed by atoms with E-state index in [4.69, 9.17) is 5.11 Å². The average molecular weight is 250 g/mol. The Morgan fingerprint density at radius 3 is 2.22 bits per heavy atom. The third-order valence-electron chi connectivity index (χ3n) is 3.35. The first kappa shape index (κ1) is 15.0. The van der Waals surface area contributed by atoms with Crippen LogP contribution in [0.5, 0.6) is 0 Å². The zero-order chi connectivity index (χ0) is 13.5. The number of hydrogen-bond donors (Lipinski definition) is 2. The van der Waals surface area contributed by atoms with Gasteiger partial charge in [-0.1, -0.05) is 19.1 Å². The van der Waals surface area contributed by atoms with Gasteiger partial charge >= 0.3 is 0 Å². The molecular weight excluding hydrogens is 224 g/mol. The highest BCUT2D eigenvalue weighted by molar-refractivity contribution is 5.48. The summed E-state index contributed by atoms with van der Waals surface area (Å²) in [5, 5.41) is 12.4. The molecule has 0 spiro atoms. The molecule has 1 aromatic carbocycles. The number of nitrogens with one attached hydrogen (secondary N) is 1. The minimum atomic E-state index is 0.189. The number of aliphatic hydroxyl groups is 1. The van der Waals surface area contributed by atoms with Crippen molar-refractivity contribution in [3.05, 3.63) is 29.8 Å². The molecule has 18 heavy (non-hydrogen) atoms. The number of anilines is 1. The highest BCUT2D eigenvalue weighted by Gasteiger charge is 2.11. The molecule has 1 unspecified atom stereocenters. The van der Waals surface area contributed by atoms with E-state index in [1.165, 1.54) is 11.3 Å². The molecule has 0 aromatic heterocycles. The molecule has 0 bridgehead atoms. The predicted molar refractivity (Wildman–Crippen MR) is 78.1 cm³/mol. The quantitative estimate of drug-likeness (QED) is 0.780. The Morgan fingerprint density at radius 2 is 1.83 bits per heavy atom. The van der Waals surface area contributed by atoms with Gasteiger partial charge in [-0.25, -0.2) is 0 Å². The summed E-state index contributed by atoms with van der Waals surface area (Å²) >= 11 is 0. The fraction of sp³-hybridized carbons (Fsp3) is 0.600. The Bertz CT molecular complexity index is 331. The van der Waals surface area contributed by atoms with Crippen LogP contribution in [-0.2, 0) is 0 Å². The van der Waals surface area contributed by atoms with Crippen molar-refractivity contribution in [2.45, 2.75) is 39.3 Å². The van der Waals surface area contributed by atoms with E-state index in [0.717, 1.165) is 6.42 Å². The highest BCUT2D eigenvalue weighted by atomic mass is 16.3. The van der Waals surface area contributed by atoms with E-state index in [-0.39, 0.29) is 6.61 Å². The van der Waals surface area contributed by atoms with Gasteiger partial charge in [0.2, 0.25) is 0 Å². The number of nitrogens with zero attached hydrogens (tertiary/aromatic N) is 1. The molecule has 1 atom stereocenters. The second kappa shape index (κ2) is 7.39. The lowest BCUT2D eigenvalue weighted by Gasteiger charge is -2.28. The second-order valence-electron chi connectivity index (χ2n) is 4.85. The Morgan fingerprint density at radius 1 is 1.22 bits per heavy atom. The zero-order valence-corrected chi connectivity index (χ0v) is 12.0. The normalized spacial score (nSPS) is 12.8. The monoisotopic (exact) mass is 250 g/mol. The van der Waals surface area contributed by atoms with Crippen molar-refractivity contribution < 1.29 is 5.11 Å². The third kappa shape index (κ3) is 3.72. The van der Waals surface area contributed by atoms with E-state index in [0.29, 0.717) is 18.6 Å². The van der Waals surface area contributed by atoms with Crippen molar-refractivity contribution in [3.8, 4) is 0 Å². The highest BCUT2D eigenvalue weighted by Crippen LogP contribution is 2.22. The van der Waals surface area contributed by atoms with Gasteiger partial charge in [0.05, 0.1) is 6.61 Å². The standard InChI is InChI=1S/C15H26N2O/c1-5-15(16-4)13-6-8-14(9-7-13)17(10-11-18)12(2)3/h6-9,12,15-16,18H,5,10-11H2,1-4H3. The van der Waals surface area contributed by atoms with Gasteiger partial charge in [-0.2, -0.15) is 0 Å². The fourth-order valence-electron chi connectivity index (χ4n) is 2.30. The van der Waals surface area contributed by atoms with Crippen LogP contribution in [0.3, 0.4) is 0 Å². The van der Waals surface area contributed by atoms with Crippen LogP contribution in [-0.4, -0.2) is 31.3 Å². The van der Waals surface area contributed by atoms with Gasteiger partial charge in [-0.3, -0.25) is 0 Å². The van der Waals surface area contributed by atoms with E-state index in [1.54, 1.807) is 0 Å². The molecule has 1 rings (SSSR count). The molecule has 0 amide bonds. The molecule has 0 fully saturated rings. The minimum absolute atomic E-state index is 0.189. The molecule has 0 aliphatic carbocycles. The number of rotatable bonds is 7. The maximum absolute atomic E-state index is 9.11. The molecule has 0 radical (unpaired) electrons. The lowest BCUT2D eigenvalue weighted by atomic mass is 10.0. The second-order valence-corrected chi connectivity index (χ2v) is 4.85. The fourth-order valence-corrected chi connectivity index (χ4v) is 2.30. The van der Waals surface area contributed by atoms with Crippen LogP contribution in [0, 0.1) is 0 Å². The van der Waals surface area contributed by atoms with Gasteiger partial charge in [0.15, 0.2) is 0 Å². The Hall–Kier alpha value is -1.06.